The molecule has 0 spiro atoms. The lowest BCUT2D eigenvalue weighted by Crippen LogP contribution is -2.23. The Bertz CT molecular complexity index is 366. The number of benzene rings is 1. The van der Waals surface area contributed by atoms with E-state index in [9.17, 15) is 0 Å². The Balaban J connectivity index is 2.52. The fraction of sp³-hybridized carbons (Fsp3) is 0.385. The predicted octanol–water partition coefficient (Wildman–Crippen LogP) is 2.38. The average Bonchev–Trinajstić information content (AvgIpc) is 2.27. The zero-order valence-corrected chi connectivity index (χ0v) is 10.7. The van der Waals surface area contributed by atoms with Gasteiger partial charge in [-0.05, 0) is 24.6 Å². The number of halogens is 1. The van der Waals surface area contributed by atoms with Crippen LogP contribution in [0.3, 0.4) is 0 Å². The van der Waals surface area contributed by atoms with E-state index >= 15 is 0 Å². The smallest absolute Gasteiger partial charge is 0.138 e. The van der Waals surface area contributed by atoms with Gasteiger partial charge in [0.15, 0.2) is 0 Å². The quantitative estimate of drug-likeness (QED) is 0.735. The lowest BCUT2D eigenvalue weighted by Gasteiger charge is -2.09. The molecule has 0 aliphatic carbocycles. The van der Waals surface area contributed by atoms with Gasteiger partial charge >= 0.3 is 0 Å². The minimum absolute atomic E-state index is 0.347. The molecule has 94 valence electrons. The lowest BCUT2D eigenvalue weighted by molar-refractivity contribution is 0.191. The van der Waals surface area contributed by atoms with Gasteiger partial charge < -0.3 is 15.2 Å². The molecule has 17 heavy (non-hydrogen) atoms. The van der Waals surface area contributed by atoms with Crippen molar-refractivity contribution in [1.82, 2.24) is 5.32 Å². The molecule has 0 saturated heterocycles. The van der Waals surface area contributed by atoms with Crippen molar-refractivity contribution in [2.24, 2.45) is 0 Å². The van der Waals surface area contributed by atoms with Gasteiger partial charge in [0.1, 0.15) is 12.4 Å². The minimum atomic E-state index is -0.347. The van der Waals surface area contributed by atoms with Crippen LogP contribution >= 0.6 is 11.6 Å². The third-order valence-corrected chi connectivity index (χ3v) is 2.42. The minimum Gasteiger partial charge on any atom is -0.488 e. The molecule has 1 aromatic carbocycles. The summed E-state index contributed by atoms with van der Waals surface area (Å²) in [4.78, 5) is 0. The molecule has 0 bridgehead atoms. The molecule has 0 aliphatic rings. The Labute approximate surface area is 107 Å². The highest BCUT2D eigenvalue weighted by molar-refractivity contribution is 6.32. The van der Waals surface area contributed by atoms with Crippen LogP contribution in [-0.4, -0.2) is 24.4 Å². The van der Waals surface area contributed by atoms with Crippen LogP contribution in [0.2, 0.25) is 5.02 Å². The molecule has 1 aromatic rings. The van der Waals surface area contributed by atoms with Crippen LogP contribution in [0.15, 0.2) is 30.9 Å². The molecule has 0 heterocycles. The highest BCUT2D eigenvalue weighted by Crippen LogP contribution is 2.25. The van der Waals surface area contributed by atoms with E-state index in [0.29, 0.717) is 30.5 Å². The topological polar surface area (TPSA) is 41.5 Å². The summed E-state index contributed by atoms with van der Waals surface area (Å²) in [6.07, 6.45) is 1.33. The molecule has 0 aromatic heterocycles. The first-order chi connectivity index (χ1) is 8.13. The van der Waals surface area contributed by atoms with Gasteiger partial charge in [-0.25, -0.2) is 0 Å². The molecule has 4 heteroatoms. The van der Waals surface area contributed by atoms with Gasteiger partial charge in [-0.15, -0.1) is 0 Å². The van der Waals surface area contributed by atoms with Crippen LogP contribution in [0.5, 0.6) is 5.75 Å². The zero-order valence-electron chi connectivity index (χ0n) is 9.95. The maximum absolute atomic E-state index is 9.11. The van der Waals surface area contributed by atoms with E-state index in [1.807, 2.05) is 18.2 Å². The Kier molecular flexibility index (Phi) is 6.05. The van der Waals surface area contributed by atoms with E-state index < -0.39 is 0 Å². The van der Waals surface area contributed by atoms with Crippen molar-refractivity contribution in [3.8, 4) is 5.75 Å². The highest BCUT2D eigenvalue weighted by Gasteiger charge is 2.03. The van der Waals surface area contributed by atoms with E-state index in [4.69, 9.17) is 21.4 Å². The third kappa shape index (κ3) is 5.22. The van der Waals surface area contributed by atoms with Gasteiger partial charge in [0.05, 0.1) is 11.1 Å². The summed E-state index contributed by atoms with van der Waals surface area (Å²) in [6.45, 7) is 7.00. The third-order valence-electron chi connectivity index (χ3n) is 2.12. The summed E-state index contributed by atoms with van der Waals surface area (Å²) in [5.74, 6) is 0.658. The van der Waals surface area contributed by atoms with Crippen LogP contribution in [0.4, 0.5) is 0 Å². The molecule has 3 nitrogen and oxygen atoms in total. The summed E-state index contributed by atoms with van der Waals surface area (Å²) >= 11 is 6.07. The molecular formula is C13H18ClNO2. The normalized spacial score (nSPS) is 12.2. The summed E-state index contributed by atoms with van der Waals surface area (Å²) in [5.41, 5.74) is 1.06. The summed E-state index contributed by atoms with van der Waals surface area (Å²) in [5, 5.41) is 12.8. The first-order valence-electron chi connectivity index (χ1n) is 5.54. The van der Waals surface area contributed by atoms with Gasteiger partial charge in [-0.1, -0.05) is 30.3 Å². The maximum Gasteiger partial charge on any atom is 0.138 e. The molecular weight excluding hydrogens is 238 g/mol. The molecule has 1 atom stereocenters. The van der Waals surface area contributed by atoms with Crippen molar-refractivity contribution >= 4 is 11.6 Å². The van der Waals surface area contributed by atoms with Crippen LogP contribution in [0.1, 0.15) is 12.5 Å². The van der Waals surface area contributed by atoms with E-state index in [0.717, 1.165) is 5.56 Å². The van der Waals surface area contributed by atoms with Crippen molar-refractivity contribution in [3.63, 3.8) is 0 Å². The number of aliphatic hydroxyl groups is 1. The van der Waals surface area contributed by atoms with Gasteiger partial charge in [-0.3, -0.25) is 0 Å². The van der Waals surface area contributed by atoms with Crippen molar-refractivity contribution in [3.05, 3.63) is 41.4 Å². The van der Waals surface area contributed by atoms with E-state index in [1.165, 1.54) is 0 Å². The van der Waals surface area contributed by atoms with Crippen molar-refractivity contribution < 1.29 is 9.84 Å². The van der Waals surface area contributed by atoms with E-state index in [2.05, 4.69) is 11.9 Å². The monoisotopic (exact) mass is 255 g/mol. The number of hydrogen-bond donors (Lipinski definition) is 2. The number of aliphatic hydroxyl groups excluding tert-OH is 1. The zero-order chi connectivity index (χ0) is 12.7. The van der Waals surface area contributed by atoms with Crippen molar-refractivity contribution in [1.29, 1.82) is 0 Å². The van der Waals surface area contributed by atoms with E-state index in [1.54, 1.807) is 13.0 Å². The van der Waals surface area contributed by atoms with Gasteiger partial charge in [0.2, 0.25) is 0 Å². The number of ether oxygens (including phenoxy) is 1. The second-order valence-electron chi connectivity index (χ2n) is 3.84. The fourth-order valence-corrected chi connectivity index (χ4v) is 1.60. The maximum atomic E-state index is 9.11. The van der Waals surface area contributed by atoms with Crippen molar-refractivity contribution in [2.75, 3.05) is 13.2 Å². The highest BCUT2D eigenvalue weighted by atomic mass is 35.5. The number of rotatable bonds is 7. The second-order valence-corrected chi connectivity index (χ2v) is 4.25. The number of nitrogens with one attached hydrogen (secondary N) is 1. The fourth-order valence-electron chi connectivity index (χ4n) is 1.35. The van der Waals surface area contributed by atoms with Gasteiger partial charge in [0, 0.05) is 13.1 Å². The Hall–Kier alpha value is -1.03. The molecule has 0 fully saturated rings. The van der Waals surface area contributed by atoms with Crippen LogP contribution in [0, 0.1) is 0 Å². The first-order valence-corrected chi connectivity index (χ1v) is 5.92. The largest absolute Gasteiger partial charge is 0.488 e. The van der Waals surface area contributed by atoms with Crippen LogP contribution in [0.25, 0.3) is 0 Å². The first kappa shape index (κ1) is 14.0. The van der Waals surface area contributed by atoms with Gasteiger partial charge in [-0.2, -0.15) is 0 Å². The molecule has 0 amide bonds. The Morgan fingerprint density at radius 2 is 2.35 bits per heavy atom. The standard InChI is InChI=1S/C13H18ClNO2/c1-3-6-17-13-5-4-11(7-12(13)14)9-15-8-10(2)16/h3-5,7,10,15-16H,1,6,8-9H2,2H3. The molecule has 0 radical (unpaired) electrons. The SMILES string of the molecule is C=CCOc1ccc(CNCC(C)O)cc1Cl. The lowest BCUT2D eigenvalue weighted by atomic mass is 10.2. The number of hydrogen-bond acceptors (Lipinski definition) is 3. The molecule has 0 saturated carbocycles. The Morgan fingerprint density at radius 1 is 1.59 bits per heavy atom. The van der Waals surface area contributed by atoms with Crippen LogP contribution < -0.4 is 10.1 Å². The summed E-state index contributed by atoms with van der Waals surface area (Å²) < 4.78 is 5.37. The van der Waals surface area contributed by atoms with Crippen molar-refractivity contribution in [2.45, 2.75) is 19.6 Å². The molecule has 1 rings (SSSR count). The average molecular weight is 256 g/mol. The molecule has 0 aliphatic heterocycles. The Morgan fingerprint density at radius 3 is 2.94 bits per heavy atom. The summed E-state index contributed by atoms with van der Waals surface area (Å²) in [7, 11) is 0. The predicted molar refractivity (Wildman–Crippen MR) is 70.5 cm³/mol. The second kappa shape index (κ2) is 7.33. The molecule has 2 N–H and O–H groups in total. The summed E-state index contributed by atoms with van der Waals surface area (Å²) in [6, 6.07) is 5.64. The molecule has 1 unspecified atom stereocenters. The van der Waals surface area contributed by atoms with Gasteiger partial charge in [0.25, 0.3) is 0 Å². The van der Waals surface area contributed by atoms with Crippen LogP contribution in [-0.2, 0) is 6.54 Å². The van der Waals surface area contributed by atoms with E-state index in [-0.39, 0.29) is 6.10 Å².